The normalized spacial score (nSPS) is 20.4. The Morgan fingerprint density at radius 3 is 2.21 bits per heavy atom. The summed E-state index contributed by atoms with van der Waals surface area (Å²) in [7, 11) is -3.63. The van der Waals surface area contributed by atoms with E-state index in [1.165, 1.54) is 4.31 Å². The average molecular weight is 482 g/mol. The molecule has 184 valence electrons. The van der Waals surface area contributed by atoms with Crippen LogP contribution in [0.2, 0.25) is 0 Å². The Labute approximate surface area is 196 Å². The summed E-state index contributed by atoms with van der Waals surface area (Å²) in [5.41, 5.74) is -0.584. The van der Waals surface area contributed by atoms with Crippen LogP contribution in [0.15, 0.2) is 29.2 Å². The van der Waals surface area contributed by atoms with E-state index in [4.69, 9.17) is 9.47 Å². The van der Waals surface area contributed by atoms with E-state index in [0.29, 0.717) is 45.0 Å². The molecule has 2 aliphatic heterocycles. The molecule has 0 radical (unpaired) electrons. The minimum absolute atomic E-state index is 0.0265. The van der Waals surface area contributed by atoms with Gasteiger partial charge in [0.25, 0.3) is 0 Å². The number of amides is 2. The summed E-state index contributed by atoms with van der Waals surface area (Å²) in [6.45, 7) is 9.89. The number of nitrogens with zero attached hydrogens (tertiary/aromatic N) is 3. The molecule has 2 aliphatic rings. The first-order chi connectivity index (χ1) is 15.5. The molecule has 2 saturated heterocycles. The number of sulfonamides is 1. The van der Waals surface area contributed by atoms with Crippen molar-refractivity contribution in [1.82, 2.24) is 14.1 Å². The maximum Gasteiger partial charge on any atom is 0.410 e. The summed E-state index contributed by atoms with van der Waals surface area (Å²) in [4.78, 5) is 29.0. The number of piperidine rings is 1. The highest BCUT2D eigenvalue weighted by Crippen LogP contribution is 2.24. The van der Waals surface area contributed by atoms with Crippen LogP contribution in [0.3, 0.4) is 0 Å². The van der Waals surface area contributed by atoms with Crippen molar-refractivity contribution in [2.24, 2.45) is 5.92 Å². The number of carbonyl (C=O) groups is 2. The SMILES string of the molecule is CCOc1ccc(S(=O)(=O)N2CCN(C(=O)C3CCCN(C(=O)OC(C)(C)C)C3)CC2)cc1. The second-order valence-corrected chi connectivity index (χ2v) is 11.3. The molecule has 2 heterocycles. The third kappa shape index (κ3) is 6.38. The van der Waals surface area contributed by atoms with Gasteiger partial charge in [-0.15, -0.1) is 0 Å². The maximum absolute atomic E-state index is 13.1. The number of carbonyl (C=O) groups excluding carboxylic acids is 2. The highest BCUT2D eigenvalue weighted by atomic mass is 32.2. The Bertz CT molecular complexity index is 934. The molecule has 33 heavy (non-hydrogen) atoms. The third-order valence-electron chi connectivity index (χ3n) is 5.75. The van der Waals surface area contributed by atoms with Crippen LogP contribution in [0.4, 0.5) is 4.79 Å². The fourth-order valence-corrected chi connectivity index (χ4v) is 5.52. The molecular weight excluding hydrogens is 446 g/mol. The Balaban J connectivity index is 1.56. The summed E-state index contributed by atoms with van der Waals surface area (Å²) in [5.74, 6) is 0.307. The van der Waals surface area contributed by atoms with E-state index >= 15 is 0 Å². The fraction of sp³-hybridized carbons (Fsp3) is 0.652. The molecule has 2 amide bonds. The number of ether oxygens (including phenoxy) is 2. The summed E-state index contributed by atoms with van der Waals surface area (Å²) in [5, 5.41) is 0. The average Bonchev–Trinajstić information content (AvgIpc) is 2.78. The quantitative estimate of drug-likeness (QED) is 0.641. The lowest BCUT2D eigenvalue weighted by Gasteiger charge is -2.38. The first-order valence-corrected chi connectivity index (χ1v) is 12.9. The largest absolute Gasteiger partial charge is 0.494 e. The van der Waals surface area contributed by atoms with Gasteiger partial charge in [-0.05, 0) is 64.8 Å². The number of piperazine rings is 1. The van der Waals surface area contributed by atoms with Crippen molar-refractivity contribution < 1.29 is 27.5 Å². The van der Waals surface area contributed by atoms with Crippen molar-refractivity contribution in [1.29, 1.82) is 0 Å². The second kappa shape index (κ2) is 10.3. The monoisotopic (exact) mass is 481 g/mol. The summed E-state index contributed by atoms with van der Waals surface area (Å²) in [6.07, 6.45) is 1.05. The summed E-state index contributed by atoms with van der Waals surface area (Å²) < 4.78 is 38.2. The van der Waals surface area contributed by atoms with Gasteiger partial charge >= 0.3 is 6.09 Å². The zero-order valence-corrected chi connectivity index (χ0v) is 20.8. The van der Waals surface area contributed by atoms with Gasteiger partial charge in [0, 0.05) is 39.3 Å². The first kappa shape index (κ1) is 25.3. The molecule has 1 aromatic carbocycles. The number of benzene rings is 1. The molecule has 0 N–H and O–H groups in total. The molecule has 3 rings (SSSR count). The zero-order chi connectivity index (χ0) is 24.2. The van der Waals surface area contributed by atoms with Crippen molar-refractivity contribution in [2.75, 3.05) is 45.9 Å². The van der Waals surface area contributed by atoms with Crippen molar-refractivity contribution >= 4 is 22.0 Å². The molecular formula is C23H35N3O6S. The fourth-order valence-electron chi connectivity index (χ4n) is 4.10. The van der Waals surface area contributed by atoms with Gasteiger partial charge in [-0.2, -0.15) is 4.31 Å². The van der Waals surface area contributed by atoms with Crippen LogP contribution in [-0.4, -0.2) is 86.0 Å². The topological polar surface area (TPSA) is 96.5 Å². The van der Waals surface area contributed by atoms with Gasteiger partial charge in [-0.1, -0.05) is 0 Å². The molecule has 0 bridgehead atoms. The lowest BCUT2D eigenvalue weighted by Crippen LogP contribution is -2.54. The first-order valence-electron chi connectivity index (χ1n) is 11.5. The smallest absolute Gasteiger partial charge is 0.410 e. The van der Waals surface area contributed by atoms with E-state index in [0.717, 1.165) is 6.42 Å². The summed E-state index contributed by atoms with van der Waals surface area (Å²) >= 11 is 0. The molecule has 9 nitrogen and oxygen atoms in total. The predicted octanol–water partition coefficient (Wildman–Crippen LogP) is 2.57. The van der Waals surface area contributed by atoms with Crippen LogP contribution in [0, 0.1) is 5.92 Å². The van der Waals surface area contributed by atoms with E-state index in [1.807, 2.05) is 27.7 Å². The number of hydrogen-bond donors (Lipinski definition) is 0. The highest BCUT2D eigenvalue weighted by molar-refractivity contribution is 7.89. The number of rotatable bonds is 5. The second-order valence-electron chi connectivity index (χ2n) is 9.40. The van der Waals surface area contributed by atoms with Crippen LogP contribution in [0.25, 0.3) is 0 Å². The van der Waals surface area contributed by atoms with Crippen molar-refractivity contribution in [2.45, 2.75) is 51.0 Å². The van der Waals surface area contributed by atoms with Crippen LogP contribution in [-0.2, 0) is 19.6 Å². The number of hydrogen-bond acceptors (Lipinski definition) is 6. The van der Waals surface area contributed by atoms with E-state index < -0.39 is 21.7 Å². The molecule has 1 aromatic rings. The Morgan fingerprint density at radius 1 is 1.00 bits per heavy atom. The predicted molar refractivity (Wildman–Crippen MR) is 123 cm³/mol. The molecule has 1 atom stereocenters. The Kier molecular flexibility index (Phi) is 7.89. The van der Waals surface area contributed by atoms with Gasteiger partial charge in [-0.25, -0.2) is 13.2 Å². The molecule has 0 saturated carbocycles. The van der Waals surface area contributed by atoms with Gasteiger partial charge in [0.2, 0.25) is 15.9 Å². The van der Waals surface area contributed by atoms with Gasteiger partial charge in [0.1, 0.15) is 11.4 Å². The van der Waals surface area contributed by atoms with Gasteiger partial charge in [-0.3, -0.25) is 4.79 Å². The standard InChI is InChI=1S/C23H35N3O6S/c1-5-31-19-8-10-20(11-9-19)33(29,30)26-15-13-24(14-16-26)21(27)18-7-6-12-25(17-18)22(28)32-23(2,3)4/h8-11,18H,5-7,12-17H2,1-4H3. The van der Waals surface area contributed by atoms with Crippen molar-refractivity contribution in [3.05, 3.63) is 24.3 Å². The van der Waals surface area contributed by atoms with Crippen molar-refractivity contribution in [3.63, 3.8) is 0 Å². The van der Waals surface area contributed by atoms with Crippen LogP contribution in [0.5, 0.6) is 5.75 Å². The van der Waals surface area contributed by atoms with Crippen LogP contribution in [0.1, 0.15) is 40.5 Å². The summed E-state index contributed by atoms with van der Waals surface area (Å²) in [6, 6.07) is 6.39. The Morgan fingerprint density at radius 2 is 1.64 bits per heavy atom. The van der Waals surface area contributed by atoms with Crippen LogP contribution >= 0.6 is 0 Å². The lowest BCUT2D eigenvalue weighted by molar-refractivity contribution is -0.138. The van der Waals surface area contributed by atoms with Gasteiger partial charge < -0.3 is 19.3 Å². The lowest BCUT2D eigenvalue weighted by atomic mass is 9.96. The third-order valence-corrected chi connectivity index (χ3v) is 7.66. The zero-order valence-electron chi connectivity index (χ0n) is 20.0. The molecule has 10 heteroatoms. The number of likely N-dealkylation sites (tertiary alicyclic amines) is 1. The minimum Gasteiger partial charge on any atom is -0.494 e. The Hall–Kier alpha value is -2.33. The molecule has 1 unspecified atom stereocenters. The van der Waals surface area contributed by atoms with E-state index in [9.17, 15) is 18.0 Å². The molecule has 0 aromatic heterocycles. The maximum atomic E-state index is 13.1. The highest BCUT2D eigenvalue weighted by Gasteiger charge is 2.36. The molecule has 0 aliphatic carbocycles. The molecule has 2 fully saturated rings. The minimum atomic E-state index is -3.63. The van der Waals surface area contributed by atoms with Gasteiger partial charge in [0.15, 0.2) is 0 Å². The van der Waals surface area contributed by atoms with E-state index in [2.05, 4.69) is 0 Å². The van der Waals surface area contributed by atoms with E-state index in [1.54, 1.807) is 34.1 Å². The molecule has 0 spiro atoms. The van der Waals surface area contributed by atoms with E-state index in [-0.39, 0.29) is 29.8 Å². The van der Waals surface area contributed by atoms with Gasteiger partial charge in [0.05, 0.1) is 17.4 Å². The van der Waals surface area contributed by atoms with Crippen LogP contribution < -0.4 is 4.74 Å². The van der Waals surface area contributed by atoms with Crippen molar-refractivity contribution in [3.8, 4) is 5.75 Å².